The summed E-state index contributed by atoms with van der Waals surface area (Å²) < 4.78 is 40.5. The maximum atomic E-state index is 13.7. The fourth-order valence-electron chi connectivity index (χ4n) is 4.50. The van der Waals surface area contributed by atoms with Crippen LogP contribution in [0.1, 0.15) is 16.1 Å². The monoisotopic (exact) mass is 539 g/mol. The summed E-state index contributed by atoms with van der Waals surface area (Å²) in [6.07, 6.45) is -0.503. The van der Waals surface area contributed by atoms with Gasteiger partial charge < -0.3 is 20.2 Å². The van der Waals surface area contributed by atoms with Gasteiger partial charge in [-0.1, -0.05) is 53.6 Å². The molecule has 8 nitrogen and oxygen atoms in total. The molecule has 5 rings (SSSR count). The van der Waals surface area contributed by atoms with Crippen molar-refractivity contribution in [3.05, 3.63) is 83.0 Å². The quantitative estimate of drug-likeness (QED) is 0.362. The van der Waals surface area contributed by atoms with Crippen molar-refractivity contribution >= 4 is 38.4 Å². The second-order valence-corrected chi connectivity index (χ2v) is 11.3. The van der Waals surface area contributed by atoms with E-state index in [1.807, 2.05) is 49.4 Å². The van der Waals surface area contributed by atoms with Crippen molar-refractivity contribution in [2.45, 2.75) is 17.9 Å². The van der Waals surface area contributed by atoms with Gasteiger partial charge in [0.25, 0.3) is 5.91 Å². The van der Waals surface area contributed by atoms with E-state index in [1.54, 1.807) is 12.1 Å². The van der Waals surface area contributed by atoms with Gasteiger partial charge in [-0.3, -0.25) is 4.79 Å². The number of ether oxygens (including phenoxy) is 2. The number of halogens is 1. The van der Waals surface area contributed by atoms with E-state index >= 15 is 0 Å². The van der Waals surface area contributed by atoms with Crippen molar-refractivity contribution in [3.8, 4) is 16.9 Å². The van der Waals surface area contributed by atoms with Gasteiger partial charge in [-0.25, -0.2) is 8.42 Å². The van der Waals surface area contributed by atoms with Crippen LogP contribution >= 0.6 is 11.6 Å². The van der Waals surface area contributed by atoms with E-state index in [4.69, 9.17) is 26.8 Å². The number of hydrogen-bond acceptors (Lipinski definition) is 5. The molecule has 1 saturated heterocycles. The molecular weight excluding hydrogens is 514 g/mol. The molecule has 1 amide bonds. The van der Waals surface area contributed by atoms with Crippen molar-refractivity contribution in [2.75, 3.05) is 26.3 Å². The predicted octanol–water partition coefficient (Wildman–Crippen LogP) is 4.36. The average molecular weight is 540 g/mol. The highest BCUT2D eigenvalue weighted by atomic mass is 35.5. The Hall–Kier alpha value is -3.37. The number of sulfonamides is 1. The highest BCUT2D eigenvalue weighted by molar-refractivity contribution is 7.89. The van der Waals surface area contributed by atoms with E-state index in [-0.39, 0.29) is 36.9 Å². The zero-order valence-corrected chi connectivity index (χ0v) is 21.7. The van der Waals surface area contributed by atoms with Crippen molar-refractivity contribution in [1.82, 2.24) is 9.29 Å². The van der Waals surface area contributed by atoms with E-state index in [2.05, 4.69) is 11.1 Å². The topological polar surface area (TPSA) is 115 Å². The molecule has 4 aromatic rings. The molecule has 192 valence electrons. The number of benzene rings is 3. The maximum Gasteiger partial charge on any atom is 0.266 e. The Kier molecular flexibility index (Phi) is 6.96. The highest BCUT2D eigenvalue weighted by Crippen LogP contribution is 2.32. The van der Waals surface area contributed by atoms with Gasteiger partial charge in [-0.15, -0.1) is 0 Å². The number of aromatic nitrogens is 1. The zero-order valence-electron chi connectivity index (χ0n) is 20.1. The van der Waals surface area contributed by atoms with Crippen LogP contribution in [0.4, 0.5) is 0 Å². The Morgan fingerprint density at radius 2 is 1.89 bits per heavy atom. The molecule has 0 aliphatic carbocycles. The molecule has 1 fully saturated rings. The van der Waals surface area contributed by atoms with Crippen LogP contribution in [0.3, 0.4) is 0 Å². The van der Waals surface area contributed by atoms with Crippen molar-refractivity contribution in [3.63, 3.8) is 0 Å². The molecule has 1 aliphatic rings. The van der Waals surface area contributed by atoms with E-state index in [0.29, 0.717) is 21.7 Å². The van der Waals surface area contributed by atoms with E-state index in [1.165, 1.54) is 10.4 Å². The first-order valence-corrected chi connectivity index (χ1v) is 13.6. The lowest BCUT2D eigenvalue weighted by Crippen LogP contribution is -2.47. The average Bonchev–Trinajstić information content (AvgIpc) is 3.28. The number of primary amides is 1. The second kappa shape index (κ2) is 10.2. The van der Waals surface area contributed by atoms with Gasteiger partial charge in [-0.2, -0.15) is 4.31 Å². The highest BCUT2D eigenvalue weighted by Gasteiger charge is 2.36. The lowest BCUT2D eigenvalue weighted by molar-refractivity contribution is -0.0249. The normalized spacial score (nSPS) is 16.6. The Morgan fingerprint density at radius 1 is 1.14 bits per heavy atom. The number of nitrogens with one attached hydrogen (secondary N) is 1. The van der Waals surface area contributed by atoms with Crippen LogP contribution in [0.25, 0.3) is 22.0 Å². The number of carbonyl (C=O) groups is 1. The summed E-state index contributed by atoms with van der Waals surface area (Å²) in [5.41, 5.74) is 9.06. The zero-order chi connectivity index (χ0) is 26.2. The van der Waals surface area contributed by atoms with Gasteiger partial charge in [0, 0.05) is 29.0 Å². The fourth-order valence-corrected chi connectivity index (χ4v) is 6.46. The summed E-state index contributed by atoms with van der Waals surface area (Å²) in [6.45, 7) is 2.58. The van der Waals surface area contributed by atoms with Gasteiger partial charge in [0.05, 0.1) is 6.61 Å². The molecule has 10 heteroatoms. The van der Waals surface area contributed by atoms with E-state index in [0.717, 1.165) is 16.7 Å². The first kappa shape index (κ1) is 25.3. The van der Waals surface area contributed by atoms with E-state index < -0.39 is 22.0 Å². The van der Waals surface area contributed by atoms with Crippen LogP contribution < -0.4 is 10.5 Å². The predicted molar refractivity (Wildman–Crippen MR) is 142 cm³/mol. The molecule has 2 heterocycles. The molecular formula is C27H26ClN3O5S. The minimum absolute atomic E-state index is 0.0609. The number of rotatable bonds is 7. The SMILES string of the molecule is Cc1cccc(-c2cccc(OC[C@@H]3CN(S(=O)(=O)c4c(C(N)=O)[nH]c5ccc(Cl)cc45)CCO3)c2)c1. The van der Waals surface area contributed by atoms with Gasteiger partial charge in [0.15, 0.2) is 0 Å². The number of aryl methyl sites for hydroxylation is 1. The van der Waals surface area contributed by atoms with Crippen molar-refractivity contribution in [1.29, 1.82) is 0 Å². The number of H-pyrrole nitrogens is 1. The molecule has 0 radical (unpaired) electrons. The molecule has 0 spiro atoms. The second-order valence-electron chi connectivity index (χ2n) is 8.95. The molecule has 37 heavy (non-hydrogen) atoms. The molecule has 0 saturated carbocycles. The van der Waals surface area contributed by atoms with Crippen LogP contribution in [-0.2, 0) is 14.8 Å². The first-order valence-electron chi connectivity index (χ1n) is 11.7. The number of aromatic amines is 1. The maximum absolute atomic E-state index is 13.7. The summed E-state index contributed by atoms with van der Waals surface area (Å²) in [7, 11) is -4.09. The Morgan fingerprint density at radius 3 is 2.65 bits per heavy atom. The van der Waals surface area contributed by atoms with Gasteiger partial charge in [-0.05, 0) is 48.4 Å². The number of amides is 1. The van der Waals surface area contributed by atoms with E-state index in [9.17, 15) is 13.2 Å². The third-order valence-electron chi connectivity index (χ3n) is 6.28. The van der Waals surface area contributed by atoms with Crippen LogP contribution in [-0.4, -0.2) is 56.0 Å². The molecule has 1 aromatic heterocycles. The van der Waals surface area contributed by atoms with Crippen LogP contribution in [0.2, 0.25) is 5.02 Å². The Labute approximate surface area is 220 Å². The summed E-state index contributed by atoms with van der Waals surface area (Å²) in [6, 6.07) is 20.6. The van der Waals surface area contributed by atoms with Crippen LogP contribution in [0.5, 0.6) is 5.75 Å². The smallest absolute Gasteiger partial charge is 0.266 e. The molecule has 0 bridgehead atoms. The summed E-state index contributed by atoms with van der Waals surface area (Å²) in [5, 5.41) is 0.661. The molecule has 3 N–H and O–H groups in total. The lowest BCUT2D eigenvalue weighted by atomic mass is 10.0. The Bertz CT molecular complexity index is 1580. The number of carbonyl (C=O) groups excluding carboxylic acids is 1. The minimum Gasteiger partial charge on any atom is -0.491 e. The summed E-state index contributed by atoms with van der Waals surface area (Å²) in [4.78, 5) is 14.8. The number of fused-ring (bicyclic) bond motifs is 1. The van der Waals surface area contributed by atoms with Crippen molar-refractivity contribution in [2.24, 2.45) is 5.73 Å². The van der Waals surface area contributed by atoms with Gasteiger partial charge in [0.2, 0.25) is 10.0 Å². The lowest BCUT2D eigenvalue weighted by Gasteiger charge is -2.32. The summed E-state index contributed by atoms with van der Waals surface area (Å²) >= 11 is 6.12. The fraction of sp³-hybridized carbons (Fsp3) is 0.222. The number of nitrogens with zero attached hydrogens (tertiary/aromatic N) is 1. The van der Waals surface area contributed by atoms with Gasteiger partial charge in [0.1, 0.15) is 29.0 Å². The molecule has 1 aliphatic heterocycles. The third-order valence-corrected chi connectivity index (χ3v) is 8.47. The first-order chi connectivity index (χ1) is 17.7. The third kappa shape index (κ3) is 5.21. The number of nitrogens with two attached hydrogens (primary N) is 1. The van der Waals surface area contributed by atoms with Crippen LogP contribution in [0, 0.1) is 6.92 Å². The number of hydrogen-bond donors (Lipinski definition) is 2. The molecule has 1 atom stereocenters. The van der Waals surface area contributed by atoms with Crippen molar-refractivity contribution < 1.29 is 22.7 Å². The molecule has 3 aromatic carbocycles. The number of morpholine rings is 1. The Balaban J connectivity index is 1.35. The largest absolute Gasteiger partial charge is 0.491 e. The van der Waals surface area contributed by atoms with Gasteiger partial charge >= 0.3 is 0 Å². The summed E-state index contributed by atoms with van der Waals surface area (Å²) in [5.74, 6) is -0.211. The molecule has 0 unspecified atom stereocenters. The van der Waals surface area contributed by atoms with Crippen LogP contribution in [0.15, 0.2) is 71.6 Å². The standard InChI is InChI=1S/C27H26ClN3O5S/c1-17-4-2-5-18(12-17)19-6-3-7-21(13-19)36-16-22-15-31(10-11-35-22)37(33,34)26-23-14-20(28)8-9-24(23)30-25(26)27(29)32/h2-9,12-14,22,30H,10-11,15-16H2,1H3,(H2,29,32)/t22-/m0/s1. The minimum atomic E-state index is -4.09.